The number of halogens is 1. The van der Waals surface area contributed by atoms with E-state index in [0.29, 0.717) is 0 Å². The van der Waals surface area contributed by atoms with E-state index in [0.717, 1.165) is 33.7 Å². The lowest BCUT2D eigenvalue weighted by Gasteiger charge is -2.12. The van der Waals surface area contributed by atoms with Crippen molar-refractivity contribution < 1.29 is 4.74 Å². The first-order valence-corrected chi connectivity index (χ1v) is 6.99. The normalized spacial score (nSPS) is 10.3. The smallest absolute Gasteiger partial charge is 0.142 e. The van der Waals surface area contributed by atoms with E-state index in [1.54, 1.807) is 13.3 Å². The van der Waals surface area contributed by atoms with Gasteiger partial charge in [-0.05, 0) is 58.6 Å². The van der Waals surface area contributed by atoms with Crippen LogP contribution in [0.3, 0.4) is 0 Å². The van der Waals surface area contributed by atoms with Gasteiger partial charge in [0, 0.05) is 10.7 Å². The van der Waals surface area contributed by atoms with Crippen molar-refractivity contribution in [2.75, 3.05) is 12.4 Å². The van der Waals surface area contributed by atoms with Crippen LogP contribution in [0.15, 0.2) is 34.9 Å². The van der Waals surface area contributed by atoms with Gasteiger partial charge in [-0.3, -0.25) is 0 Å². The number of nitrogens with one attached hydrogen (secondary N) is 1. The summed E-state index contributed by atoms with van der Waals surface area (Å²) in [7, 11) is 1.67. The second kappa shape index (κ2) is 6.06. The summed E-state index contributed by atoms with van der Waals surface area (Å²) in [4.78, 5) is 4.35. The van der Waals surface area contributed by atoms with E-state index in [2.05, 4.69) is 45.3 Å². The van der Waals surface area contributed by atoms with Crippen molar-refractivity contribution in [3.8, 4) is 5.75 Å². The van der Waals surface area contributed by atoms with Crippen LogP contribution in [0, 0.1) is 6.92 Å². The van der Waals surface area contributed by atoms with Crippen LogP contribution in [0.1, 0.15) is 18.1 Å². The zero-order valence-corrected chi connectivity index (χ0v) is 12.9. The number of aryl methyl sites for hydroxylation is 2. The first-order valence-electron chi connectivity index (χ1n) is 6.20. The van der Waals surface area contributed by atoms with Crippen LogP contribution in [0.4, 0.5) is 11.5 Å². The van der Waals surface area contributed by atoms with E-state index in [-0.39, 0.29) is 0 Å². The molecule has 0 fully saturated rings. The molecule has 2 aromatic rings. The Morgan fingerprint density at radius 2 is 2.11 bits per heavy atom. The van der Waals surface area contributed by atoms with E-state index in [1.807, 2.05) is 19.1 Å². The lowest BCUT2D eigenvalue weighted by molar-refractivity contribution is 0.416. The van der Waals surface area contributed by atoms with Gasteiger partial charge in [-0.1, -0.05) is 13.0 Å². The van der Waals surface area contributed by atoms with E-state index < -0.39 is 0 Å². The van der Waals surface area contributed by atoms with Crippen molar-refractivity contribution in [1.82, 2.24) is 4.98 Å². The third-order valence-electron chi connectivity index (χ3n) is 2.98. The minimum atomic E-state index is 0.812. The molecule has 0 atom stereocenters. The molecule has 0 bridgehead atoms. The molecule has 0 radical (unpaired) electrons. The van der Waals surface area contributed by atoms with Gasteiger partial charge in [-0.25, -0.2) is 4.98 Å². The molecule has 0 aliphatic carbocycles. The number of rotatable bonds is 4. The van der Waals surface area contributed by atoms with Gasteiger partial charge in [0.25, 0.3) is 0 Å². The van der Waals surface area contributed by atoms with Crippen LogP contribution in [-0.2, 0) is 6.42 Å². The number of hydrogen-bond donors (Lipinski definition) is 1. The Balaban J connectivity index is 2.33. The Hall–Kier alpha value is -1.55. The summed E-state index contributed by atoms with van der Waals surface area (Å²) < 4.78 is 6.38. The van der Waals surface area contributed by atoms with Gasteiger partial charge in [-0.15, -0.1) is 0 Å². The van der Waals surface area contributed by atoms with Crippen molar-refractivity contribution in [2.45, 2.75) is 20.3 Å². The molecular formula is C15H17BrN2O. The molecule has 100 valence electrons. The summed E-state index contributed by atoms with van der Waals surface area (Å²) in [6.45, 7) is 4.17. The monoisotopic (exact) mass is 320 g/mol. The van der Waals surface area contributed by atoms with Crippen LogP contribution >= 0.6 is 15.9 Å². The Labute approximate surface area is 122 Å². The van der Waals surface area contributed by atoms with Gasteiger partial charge in [0.05, 0.1) is 12.8 Å². The fourth-order valence-corrected chi connectivity index (χ4v) is 2.04. The van der Waals surface area contributed by atoms with Crippen molar-refractivity contribution in [3.63, 3.8) is 0 Å². The number of pyridine rings is 1. The molecule has 0 unspecified atom stereocenters. The standard InChI is InChI=1S/C15H17BrN2O/c1-4-11-5-6-14(19-3)13(8-11)18-15-7-10(2)12(16)9-17-15/h5-9H,4H2,1-3H3,(H,17,18). The van der Waals surface area contributed by atoms with Gasteiger partial charge in [-0.2, -0.15) is 0 Å². The second-order valence-electron chi connectivity index (χ2n) is 4.33. The summed E-state index contributed by atoms with van der Waals surface area (Å²) in [5.74, 6) is 1.63. The first kappa shape index (κ1) is 13.9. The number of ether oxygens (including phenoxy) is 1. The van der Waals surface area contributed by atoms with Crippen molar-refractivity contribution in [2.24, 2.45) is 0 Å². The van der Waals surface area contributed by atoms with Gasteiger partial charge in [0.1, 0.15) is 11.6 Å². The third-order valence-corrected chi connectivity index (χ3v) is 3.81. The topological polar surface area (TPSA) is 34.1 Å². The van der Waals surface area contributed by atoms with E-state index in [1.165, 1.54) is 5.56 Å². The molecule has 19 heavy (non-hydrogen) atoms. The van der Waals surface area contributed by atoms with Crippen LogP contribution in [0.5, 0.6) is 5.75 Å². The Morgan fingerprint density at radius 3 is 2.74 bits per heavy atom. The molecule has 0 saturated carbocycles. The zero-order valence-electron chi connectivity index (χ0n) is 11.3. The third kappa shape index (κ3) is 3.26. The number of benzene rings is 1. The lowest BCUT2D eigenvalue weighted by Crippen LogP contribution is -1.98. The number of hydrogen-bond acceptors (Lipinski definition) is 3. The molecule has 0 saturated heterocycles. The van der Waals surface area contributed by atoms with Crippen LogP contribution < -0.4 is 10.1 Å². The van der Waals surface area contributed by atoms with E-state index in [4.69, 9.17) is 4.74 Å². The molecule has 1 N–H and O–H groups in total. The number of anilines is 2. The molecule has 0 aliphatic rings. The highest BCUT2D eigenvalue weighted by atomic mass is 79.9. The maximum atomic E-state index is 5.37. The zero-order chi connectivity index (χ0) is 13.8. The first-order chi connectivity index (χ1) is 9.13. The SMILES string of the molecule is CCc1ccc(OC)c(Nc2cc(C)c(Br)cn2)c1. The highest BCUT2D eigenvalue weighted by Crippen LogP contribution is 2.29. The van der Waals surface area contributed by atoms with Crippen molar-refractivity contribution in [1.29, 1.82) is 0 Å². The summed E-state index contributed by atoms with van der Waals surface area (Å²) in [6, 6.07) is 8.15. The van der Waals surface area contributed by atoms with E-state index >= 15 is 0 Å². The van der Waals surface area contributed by atoms with Crippen LogP contribution in [0.2, 0.25) is 0 Å². The highest BCUT2D eigenvalue weighted by Gasteiger charge is 2.06. The molecule has 0 amide bonds. The molecule has 0 spiro atoms. The molecule has 2 rings (SSSR count). The van der Waals surface area contributed by atoms with Gasteiger partial charge in [0.15, 0.2) is 0 Å². The lowest BCUT2D eigenvalue weighted by atomic mass is 10.1. The summed E-state index contributed by atoms with van der Waals surface area (Å²) in [5.41, 5.74) is 3.34. The minimum Gasteiger partial charge on any atom is -0.495 e. The van der Waals surface area contributed by atoms with Gasteiger partial charge in [0.2, 0.25) is 0 Å². The van der Waals surface area contributed by atoms with Crippen molar-refractivity contribution >= 4 is 27.4 Å². The molecule has 1 heterocycles. The van der Waals surface area contributed by atoms with Crippen molar-refractivity contribution in [3.05, 3.63) is 46.1 Å². The average molecular weight is 321 g/mol. The predicted octanol–water partition coefficient (Wildman–Crippen LogP) is 4.47. The highest BCUT2D eigenvalue weighted by molar-refractivity contribution is 9.10. The predicted molar refractivity (Wildman–Crippen MR) is 82.3 cm³/mol. The quantitative estimate of drug-likeness (QED) is 0.902. The van der Waals surface area contributed by atoms with Crippen LogP contribution in [-0.4, -0.2) is 12.1 Å². The molecule has 0 aliphatic heterocycles. The molecule has 3 nitrogen and oxygen atoms in total. The average Bonchev–Trinajstić information content (AvgIpc) is 2.43. The molecule has 1 aromatic carbocycles. The van der Waals surface area contributed by atoms with Gasteiger partial charge < -0.3 is 10.1 Å². The Bertz CT molecular complexity index is 584. The number of aromatic nitrogens is 1. The van der Waals surface area contributed by atoms with Crippen LogP contribution in [0.25, 0.3) is 0 Å². The number of methoxy groups -OCH3 is 1. The van der Waals surface area contributed by atoms with Gasteiger partial charge >= 0.3 is 0 Å². The fraction of sp³-hybridized carbons (Fsp3) is 0.267. The largest absolute Gasteiger partial charge is 0.495 e. The molecule has 4 heteroatoms. The molecular weight excluding hydrogens is 304 g/mol. The Kier molecular flexibility index (Phi) is 4.43. The fourth-order valence-electron chi connectivity index (χ4n) is 1.82. The second-order valence-corrected chi connectivity index (χ2v) is 5.19. The minimum absolute atomic E-state index is 0.812. The summed E-state index contributed by atoms with van der Waals surface area (Å²) in [6.07, 6.45) is 2.79. The number of nitrogens with zero attached hydrogens (tertiary/aromatic N) is 1. The maximum absolute atomic E-state index is 5.37. The maximum Gasteiger partial charge on any atom is 0.142 e. The molecule has 1 aromatic heterocycles. The summed E-state index contributed by atoms with van der Waals surface area (Å²) in [5, 5.41) is 3.31. The Morgan fingerprint density at radius 1 is 1.32 bits per heavy atom. The summed E-state index contributed by atoms with van der Waals surface area (Å²) >= 11 is 3.45. The van der Waals surface area contributed by atoms with E-state index in [9.17, 15) is 0 Å².